The fourth-order valence-corrected chi connectivity index (χ4v) is 2.76. The van der Waals surface area contributed by atoms with Crippen LogP contribution in [0.4, 0.5) is 0 Å². The van der Waals surface area contributed by atoms with Crippen LogP contribution in [-0.2, 0) is 9.59 Å². The second-order valence-corrected chi connectivity index (χ2v) is 7.00. The van der Waals surface area contributed by atoms with Gasteiger partial charge in [-0.15, -0.1) is 0 Å². The van der Waals surface area contributed by atoms with Gasteiger partial charge in [-0.2, -0.15) is 0 Å². The summed E-state index contributed by atoms with van der Waals surface area (Å²) in [4.78, 5) is 26.2. The molecule has 0 bridgehead atoms. The summed E-state index contributed by atoms with van der Waals surface area (Å²) in [6.07, 6.45) is 1.66. The van der Waals surface area contributed by atoms with Crippen molar-refractivity contribution < 1.29 is 14.3 Å². The zero-order chi connectivity index (χ0) is 17.5. The Morgan fingerprint density at radius 1 is 1.33 bits per heavy atom. The molecule has 1 N–H and O–H groups in total. The molecule has 1 aromatic rings. The Hall–Kier alpha value is -1.75. The van der Waals surface area contributed by atoms with E-state index in [4.69, 9.17) is 16.3 Å². The monoisotopic (exact) mass is 352 g/mol. The first-order chi connectivity index (χ1) is 11.5. The largest absolute Gasteiger partial charge is 0.484 e. The number of benzene rings is 1. The molecule has 0 saturated carbocycles. The molecule has 1 aliphatic rings. The van der Waals surface area contributed by atoms with Gasteiger partial charge in [0.15, 0.2) is 6.61 Å². The van der Waals surface area contributed by atoms with Gasteiger partial charge in [-0.1, -0.05) is 25.4 Å². The van der Waals surface area contributed by atoms with Gasteiger partial charge in [0, 0.05) is 24.7 Å². The summed E-state index contributed by atoms with van der Waals surface area (Å²) in [5.74, 6) is 0.849. The van der Waals surface area contributed by atoms with Crippen molar-refractivity contribution in [1.82, 2.24) is 10.2 Å². The Bertz CT molecular complexity index is 560. The van der Waals surface area contributed by atoms with Gasteiger partial charge in [0.05, 0.1) is 5.92 Å². The summed E-state index contributed by atoms with van der Waals surface area (Å²) in [6, 6.07) is 6.90. The minimum absolute atomic E-state index is 0.0258. The third-order valence-electron chi connectivity index (χ3n) is 4.01. The van der Waals surface area contributed by atoms with Crippen molar-refractivity contribution >= 4 is 23.4 Å². The van der Waals surface area contributed by atoms with E-state index in [1.165, 1.54) is 0 Å². The molecule has 5 nitrogen and oxygen atoms in total. The van der Waals surface area contributed by atoms with Crippen LogP contribution in [0.5, 0.6) is 5.75 Å². The van der Waals surface area contributed by atoms with Crippen LogP contribution in [0.3, 0.4) is 0 Å². The third-order valence-corrected chi connectivity index (χ3v) is 4.26. The molecule has 1 saturated heterocycles. The van der Waals surface area contributed by atoms with Gasteiger partial charge in [0.25, 0.3) is 5.91 Å². The number of hydrogen-bond acceptors (Lipinski definition) is 3. The SMILES string of the molecule is CC(C)CNC(=O)[C@@H]1CCCN(C(=O)COc2ccc(Cl)cc2)C1. The molecular weight excluding hydrogens is 328 g/mol. The molecule has 1 heterocycles. The molecule has 24 heavy (non-hydrogen) atoms. The average Bonchev–Trinajstić information content (AvgIpc) is 2.59. The molecule has 0 spiro atoms. The number of nitrogens with one attached hydrogen (secondary N) is 1. The Morgan fingerprint density at radius 2 is 2.04 bits per heavy atom. The van der Waals surface area contributed by atoms with E-state index in [9.17, 15) is 9.59 Å². The maximum absolute atomic E-state index is 12.3. The van der Waals surface area contributed by atoms with Crippen molar-refractivity contribution in [2.75, 3.05) is 26.2 Å². The summed E-state index contributed by atoms with van der Waals surface area (Å²) < 4.78 is 5.50. The first-order valence-electron chi connectivity index (χ1n) is 8.39. The van der Waals surface area contributed by atoms with Crippen LogP contribution < -0.4 is 10.1 Å². The molecule has 1 atom stereocenters. The predicted molar refractivity (Wildman–Crippen MR) is 94.1 cm³/mol. The van der Waals surface area contributed by atoms with Gasteiger partial charge < -0.3 is 15.0 Å². The maximum atomic E-state index is 12.3. The molecule has 1 aromatic carbocycles. The number of hydrogen-bond donors (Lipinski definition) is 1. The van der Waals surface area contributed by atoms with Crippen molar-refractivity contribution in [3.63, 3.8) is 0 Å². The molecule has 132 valence electrons. The Labute approximate surface area is 148 Å². The van der Waals surface area contributed by atoms with Crippen LogP contribution in [0.2, 0.25) is 5.02 Å². The van der Waals surface area contributed by atoms with Crippen molar-refractivity contribution in [2.45, 2.75) is 26.7 Å². The maximum Gasteiger partial charge on any atom is 0.260 e. The summed E-state index contributed by atoms with van der Waals surface area (Å²) >= 11 is 5.82. The number of likely N-dealkylation sites (tertiary alicyclic amines) is 1. The van der Waals surface area contributed by atoms with Gasteiger partial charge in [0.2, 0.25) is 5.91 Å². The van der Waals surface area contributed by atoms with Crippen LogP contribution in [0, 0.1) is 11.8 Å². The number of carbonyl (C=O) groups excluding carboxylic acids is 2. The lowest BCUT2D eigenvalue weighted by atomic mass is 9.97. The average molecular weight is 353 g/mol. The van der Waals surface area contributed by atoms with E-state index in [2.05, 4.69) is 19.2 Å². The highest BCUT2D eigenvalue weighted by Crippen LogP contribution is 2.18. The van der Waals surface area contributed by atoms with Crippen molar-refractivity contribution in [3.8, 4) is 5.75 Å². The van der Waals surface area contributed by atoms with E-state index >= 15 is 0 Å². The minimum atomic E-state index is -0.128. The number of halogens is 1. The molecular formula is C18H25ClN2O3. The Morgan fingerprint density at radius 3 is 2.71 bits per heavy atom. The van der Waals surface area contributed by atoms with Gasteiger partial charge in [0.1, 0.15) is 5.75 Å². The van der Waals surface area contributed by atoms with E-state index in [-0.39, 0.29) is 24.3 Å². The van der Waals surface area contributed by atoms with Crippen LogP contribution in [0.1, 0.15) is 26.7 Å². The highest BCUT2D eigenvalue weighted by atomic mass is 35.5. The van der Waals surface area contributed by atoms with E-state index in [0.29, 0.717) is 36.3 Å². The lowest BCUT2D eigenvalue weighted by Crippen LogP contribution is -2.47. The number of ether oxygens (including phenoxy) is 1. The summed E-state index contributed by atoms with van der Waals surface area (Å²) in [5.41, 5.74) is 0. The van der Waals surface area contributed by atoms with Crippen LogP contribution in [0.15, 0.2) is 24.3 Å². The normalized spacial score (nSPS) is 17.7. The molecule has 6 heteroatoms. The molecule has 0 aromatic heterocycles. The fourth-order valence-electron chi connectivity index (χ4n) is 2.63. The second-order valence-electron chi connectivity index (χ2n) is 6.56. The third kappa shape index (κ3) is 5.71. The van der Waals surface area contributed by atoms with E-state index < -0.39 is 0 Å². The first-order valence-corrected chi connectivity index (χ1v) is 8.77. The van der Waals surface area contributed by atoms with Crippen LogP contribution in [0.25, 0.3) is 0 Å². The molecule has 0 radical (unpaired) electrons. The molecule has 1 aliphatic heterocycles. The quantitative estimate of drug-likeness (QED) is 0.856. The second kappa shape index (κ2) is 8.92. The highest BCUT2D eigenvalue weighted by molar-refractivity contribution is 6.30. The van der Waals surface area contributed by atoms with Gasteiger partial charge in [-0.05, 0) is 43.0 Å². The van der Waals surface area contributed by atoms with E-state index in [1.54, 1.807) is 29.2 Å². The summed E-state index contributed by atoms with van der Waals surface area (Å²) in [6.45, 7) is 5.91. The molecule has 1 fully saturated rings. The zero-order valence-corrected chi connectivity index (χ0v) is 15.0. The smallest absolute Gasteiger partial charge is 0.260 e. The predicted octanol–water partition coefficient (Wildman–Crippen LogP) is 2.73. The first kappa shape index (κ1) is 18.6. The zero-order valence-electron chi connectivity index (χ0n) is 14.3. The number of piperidine rings is 1. The van der Waals surface area contributed by atoms with Crippen molar-refractivity contribution in [3.05, 3.63) is 29.3 Å². The topological polar surface area (TPSA) is 58.6 Å². The van der Waals surface area contributed by atoms with Gasteiger partial charge in [-0.3, -0.25) is 9.59 Å². The molecule has 2 amide bonds. The van der Waals surface area contributed by atoms with Crippen molar-refractivity contribution in [2.24, 2.45) is 11.8 Å². The molecule has 2 rings (SSSR count). The molecule has 0 aliphatic carbocycles. The van der Waals surface area contributed by atoms with Crippen molar-refractivity contribution in [1.29, 1.82) is 0 Å². The van der Waals surface area contributed by atoms with E-state index in [1.807, 2.05) is 0 Å². The van der Waals surface area contributed by atoms with Crippen LogP contribution in [-0.4, -0.2) is 43.0 Å². The fraction of sp³-hybridized carbons (Fsp3) is 0.556. The number of rotatable bonds is 6. The number of nitrogens with zero attached hydrogens (tertiary/aromatic N) is 1. The minimum Gasteiger partial charge on any atom is -0.484 e. The summed E-state index contributed by atoms with van der Waals surface area (Å²) in [5, 5.41) is 3.58. The Kier molecular flexibility index (Phi) is 6.91. The highest BCUT2D eigenvalue weighted by Gasteiger charge is 2.28. The lowest BCUT2D eigenvalue weighted by Gasteiger charge is -2.32. The number of amides is 2. The van der Waals surface area contributed by atoms with Crippen LogP contribution >= 0.6 is 11.6 Å². The number of carbonyl (C=O) groups is 2. The standard InChI is InChI=1S/C18H25ClN2O3/c1-13(2)10-20-18(23)14-4-3-9-21(11-14)17(22)12-24-16-7-5-15(19)6-8-16/h5-8,13-14H,3-4,9-12H2,1-2H3,(H,20,23)/t14-/m1/s1. The van der Waals surface area contributed by atoms with Gasteiger partial charge >= 0.3 is 0 Å². The molecule has 0 unspecified atom stereocenters. The van der Waals surface area contributed by atoms with E-state index in [0.717, 1.165) is 12.8 Å². The lowest BCUT2D eigenvalue weighted by molar-refractivity contribution is -0.137. The summed E-state index contributed by atoms with van der Waals surface area (Å²) in [7, 11) is 0. The van der Waals surface area contributed by atoms with Gasteiger partial charge in [-0.25, -0.2) is 0 Å². The Balaban J connectivity index is 1.81.